The van der Waals surface area contributed by atoms with E-state index in [9.17, 15) is 5.11 Å². The molecule has 0 bridgehead atoms. The van der Waals surface area contributed by atoms with Crippen molar-refractivity contribution in [1.82, 2.24) is 20.6 Å². The fourth-order valence-electron chi connectivity index (χ4n) is 1.96. The van der Waals surface area contributed by atoms with E-state index in [1.54, 1.807) is 24.4 Å². The van der Waals surface area contributed by atoms with Gasteiger partial charge in [-0.25, -0.2) is 0 Å². The highest BCUT2D eigenvalue weighted by Crippen LogP contribution is 2.28. The van der Waals surface area contributed by atoms with Gasteiger partial charge in [-0.1, -0.05) is 18.2 Å². The highest BCUT2D eigenvalue weighted by Gasteiger charge is 2.05. The summed E-state index contributed by atoms with van der Waals surface area (Å²) in [5.74, 6) is 0.967. The monoisotopic (exact) mass is 295 g/mol. The molecule has 2 N–H and O–H groups in total. The van der Waals surface area contributed by atoms with Crippen LogP contribution in [0.4, 0.5) is 5.69 Å². The molecule has 0 unspecified atom stereocenters. The Kier molecular flexibility index (Phi) is 3.78. The number of aromatic nitrogens is 4. The molecule has 0 aliphatic heterocycles. The number of phenols is 1. The van der Waals surface area contributed by atoms with Gasteiger partial charge in [-0.2, -0.15) is 5.21 Å². The minimum absolute atomic E-state index is 0.0584. The van der Waals surface area contributed by atoms with Crippen molar-refractivity contribution in [3.8, 4) is 22.9 Å². The second kappa shape index (κ2) is 6.04. The molecule has 3 aromatic rings. The number of ether oxygens (including phenoxy) is 1. The van der Waals surface area contributed by atoms with Crippen LogP contribution in [0.25, 0.3) is 11.4 Å². The Bertz CT molecular complexity index is 799. The van der Waals surface area contributed by atoms with Crippen LogP contribution in [0, 0.1) is 0 Å². The quantitative estimate of drug-likeness (QED) is 0.720. The van der Waals surface area contributed by atoms with E-state index in [-0.39, 0.29) is 5.75 Å². The number of rotatable bonds is 4. The minimum atomic E-state index is 0.0584. The van der Waals surface area contributed by atoms with Gasteiger partial charge in [0.1, 0.15) is 0 Å². The number of aromatic hydroxyl groups is 1. The fourth-order valence-corrected chi connectivity index (χ4v) is 1.96. The zero-order valence-corrected chi connectivity index (χ0v) is 11.8. The lowest BCUT2D eigenvalue weighted by molar-refractivity contribution is 0.373. The molecule has 22 heavy (non-hydrogen) atoms. The van der Waals surface area contributed by atoms with Crippen molar-refractivity contribution in [2.45, 2.75) is 0 Å². The normalized spacial score (nSPS) is 11.0. The molecule has 0 saturated carbocycles. The van der Waals surface area contributed by atoms with E-state index in [1.165, 1.54) is 7.11 Å². The molecule has 110 valence electrons. The first-order valence-electron chi connectivity index (χ1n) is 6.52. The average molecular weight is 295 g/mol. The van der Waals surface area contributed by atoms with Crippen LogP contribution in [0.1, 0.15) is 5.56 Å². The van der Waals surface area contributed by atoms with Crippen LogP contribution in [-0.2, 0) is 0 Å². The molecule has 0 fully saturated rings. The lowest BCUT2D eigenvalue weighted by Crippen LogP contribution is -1.88. The van der Waals surface area contributed by atoms with Gasteiger partial charge in [0.25, 0.3) is 0 Å². The average Bonchev–Trinajstić information content (AvgIpc) is 3.09. The second-order valence-electron chi connectivity index (χ2n) is 4.44. The van der Waals surface area contributed by atoms with E-state index >= 15 is 0 Å². The van der Waals surface area contributed by atoms with Crippen molar-refractivity contribution >= 4 is 11.9 Å². The Balaban J connectivity index is 1.89. The first kappa shape index (κ1) is 13.7. The number of methoxy groups -OCH3 is 1. The number of nitrogens with one attached hydrogen (secondary N) is 1. The Morgan fingerprint density at radius 3 is 2.86 bits per heavy atom. The van der Waals surface area contributed by atoms with Crippen LogP contribution >= 0.6 is 0 Å². The largest absolute Gasteiger partial charge is 0.504 e. The minimum Gasteiger partial charge on any atom is -0.504 e. The number of H-pyrrole nitrogens is 1. The number of aliphatic imine (C=N–C) groups is 1. The Labute approximate surface area is 126 Å². The summed E-state index contributed by atoms with van der Waals surface area (Å²) in [6.07, 6.45) is 1.58. The maximum absolute atomic E-state index is 10.0. The van der Waals surface area contributed by atoms with Crippen LogP contribution in [0.5, 0.6) is 11.5 Å². The maximum atomic E-state index is 10.0. The highest BCUT2D eigenvalue weighted by atomic mass is 16.5. The zero-order chi connectivity index (χ0) is 15.4. The van der Waals surface area contributed by atoms with Crippen LogP contribution < -0.4 is 4.74 Å². The summed E-state index contributed by atoms with van der Waals surface area (Å²) in [6, 6.07) is 12.6. The third kappa shape index (κ3) is 2.78. The molecule has 2 aromatic carbocycles. The van der Waals surface area contributed by atoms with E-state index < -0.39 is 0 Å². The molecule has 1 aromatic heterocycles. The van der Waals surface area contributed by atoms with E-state index in [0.29, 0.717) is 22.8 Å². The number of tetrazole rings is 1. The molecule has 0 radical (unpaired) electrons. The Morgan fingerprint density at radius 1 is 1.23 bits per heavy atom. The number of aromatic amines is 1. The van der Waals surface area contributed by atoms with Crippen molar-refractivity contribution in [1.29, 1.82) is 0 Å². The molecule has 7 heteroatoms. The molecule has 7 nitrogen and oxygen atoms in total. The molecule has 0 atom stereocenters. The van der Waals surface area contributed by atoms with Gasteiger partial charge in [0.05, 0.1) is 12.8 Å². The third-order valence-electron chi connectivity index (χ3n) is 3.05. The lowest BCUT2D eigenvalue weighted by atomic mass is 10.2. The smallest absolute Gasteiger partial charge is 0.204 e. The molecule has 3 rings (SSSR count). The van der Waals surface area contributed by atoms with E-state index in [2.05, 4.69) is 25.6 Å². The van der Waals surface area contributed by atoms with Crippen molar-refractivity contribution in [3.63, 3.8) is 0 Å². The summed E-state index contributed by atoms with van der Waals surface area (Å²) in [4.78, 5) is 4.36. The number of benzene rings is 2. The first-order chi connectivity index (χ1) is 10.8. The van der Waals surface area contributed by atoms with E-state index in [1.807, 2.05) is 24.3 Å². The van der Waals surface area contributed by atoms with Crippen molar-refractivity contribution in [3.05, 3.63) is 48.0 Å². The summed E-state index contributed by atoms with van der Waals surface area (Å²) in [6.45, 7) is 0. The predicted octanol–water partition coefficient (Wildman–Crippen LogP) is 2.33. The first-order valence-corrected chi connectivity index (χ1v) is 6.52. The van der Waals surface area contributed by atoms with Gasteiger partial charge in [0.15, 0.2) is 11.5 Å². The zero-order valence-electron chi connectivity index (χ0n) is 11.8. The summed E-state index contributed by atoms with van der Waals surface area (Å²) >= 11 is 0. The van der Waals surface area contributed by atoms with Gasteiger partial charge in [0, 0.05) is 17.3 Å². The van der Waals surface area contributed by atoms with Crippen LogP contribution in [-0.4, -0.2) is 39.1 Å². The van der Waals surface area contributed by atoms with Crippen LogP contribution in [0.2, 0.25) is 0 Å². The SMILES string of the molecule is COc1cccc(C=Nc2cccc(-c3nn[nH]n3)c2)c1O. The molecule has 0 amide bonds. The fraction of sp³-hybridized carbons (Fsp3) is 0.0667. The number of hydrogen-bond acceptors (Lipinski definition) is 6. The molecule has 0 aliphatic rings. The summed E-state index contributed by atoms with van der Waals surface area (Å²) in [7, 11) is 1.50. The van der Waals surface area contributed by atoms with Crippen molar-refractivity contribution in [2.75, 3.05) is 7.11 Å². The van der Waals surface area contributed by atoms with Gasteiger partial charge in [-0.15, -0.1) is 10.2 Å². The Morgan fingerprint density at radius 2 is 2.09 bits per heavy atom. The standard InChI is InChI=1S/C15H13N5O2/c1-22-13-7-3-5-11(14(13)21)9-16-12-6-2-4-10(8-12)15-17-19-20-18-15/h2-9,21H,1H3,(H,17,18,19,20). The van der Waals surface area contributed by atoms with Crippen molar-refractivity contribution in [2.24, 2.45) is 4.99 Å². The summed E-state index contributed by atoms with van der Waals surface area (Å²) in [5.41, 5.74) is 2.09. The van der Waals surface area contributed by atoms with Crippen molar-refractivity contribution < 1.29 is 9.84 Å². The van der Waals surface area contributed by atoms with Gasteiger partial charge in [0.2, 0.25) is 5.82 Å². The number of phenolic OH excluding ortho intramolecular Hbond substituents is 1. The molecule has 0 aliphatic carbocycles. The Hall–Kier alpha value is -3.22. The molecular weight excluding hydrogens is 282 g/mol. The van der Waals surface area contributed by atoms with Gasteiger partial charge in [-0.05, 0) is 29.5 Å². The second-order valence-corrected chi connectivity index (χ2v) is 4.44. The van der Waals surface area contributed by atoms with E-state index in [4.69, 9.17) is 4.74 Å². The molecule has 1 heterocycles. The number of nitrogens with zero attached hydrogens (tertiary/aromatic N) is 4. The van der Waals surface area contributed by atoms with E-state index in [0.717, 1.165) is 5.56 Å². The summed E-state index contributed by atoms with van der Waals surface area (Å²) < 4.78 is 5.07. The maximum Gasteiger partial charge on any atom is 0.204 e. The number of hydrogen-bond donors (Lipinski definition) is 2. The summed E-state index contributed by atoms with van der Waals surface area (Å²) in [5, 5.41) is 23.8. The molecule has 0 spiro atoms. The van der Waals surface area contributed by atoms with Gasteiger partial charge in [-0.3, -0.25) is 4.99 Å². The van der Waals surface area contributed by atoms with Gasteiger partial charge >= 0.3 is 0 Å². The van der Waals surface area contributed by atoms with Gasteiger partial charge < -0.3 is 9.84 Å². The number of para-hydroxylation sites is 1. The lowest BCUT2D eigenvalue weighted by Gasteiger charge is -2.04. The van der Waals surface area contributed by atoms with Crippen LogP contribution in [0.3, 0.4) is 0 Å². The molecule has 0 saturated heterocycles. The topological polar surface area (TPSA) is 96.3 Å². The third-order valence-corrected chi connectivity index (χ3v) is 3.05. The molecular formula is C15H13N5O2. The highest BCUT2D eigenvalue weighted by molar-refractivity contribution is 5.86. The van der Waals surface area contributed by atoms with Crippen LogP contribution in [0.15, 0.2) is 47.5 Å². The predicted molar refractivity (Wildman–Crippen MR) is 81.5 cm³/mol.